The first-order valence-corrected chi connectivity index (χ1v) is 10.4. The highest BCUT2D eigenvalue weighted by Crippen LogP contribution is 2.15. The predicted molar refractivity (Wildman–Crippen MR) is 110 cm³/mol. The third-order valence-electron chi connectivity index (χ3n) is 3.44. The summed E-state index contributed by atoms with van der Waals surface area (Å²) >= 11 is 0. The maximum Gasteiger partial charge on any atom is 0.324 e. The molecular weight excluding hydrogens is 396 g/mol. The number of benzene rings is 1. The Morgan fingerprint density at radius 2 is 1.79 bits per heavy atom. The van der Waals surface area contributed by atoms with Gasteiger partial charge >= 0.3 is 6.03 Å². The van der Waals surface area contributed by atoms with Crippen LogP contribution < -0.4 is 15.4 Å². The molecule has 0 saturated carbocycles. The number of nitrogens with zero attached hydrogens (tertiary/aromatic N) is 1. The van der Waals surface area contributed by atoms with Crippen LogP contribution in [0.1, 0.15) is 26.3 Å². The normalized spacial score (nSPS) is 11.9. The molecule has 0 aliphatic carbocycles. The van der Waals surface area contributed by atoms with Gasteiger partial charge in [-0.15, -0.1) is 0 Å². The van der Waals surface area contributed by atoms with Gasteiger partial charge in [-0.3, -0.25) is 5.32 Å². The number of aromatic nitrogens is 1. The summed E-state index contributed by atoms with van der Waals surface area (Å²) in [5, 5.41) is 13.9. The Balaban J connectivity index is 1.92. The number of aliphatic hydroxyl groups is 1. The third kappa shape index (κ3) is 7.78. The molecule has 0 unspecified atom stereocenters. The molecule has 10 heteroatoms. The first-order valence-electron chi connectivity index (χ1n) is 8.95. The summed E-state index contributed by atoms with van der Waals surface area (Å²) in [7, 11) is -3.69. The standard InChI is InChI=1S/C19H26N4O5S/c1-19(2,3)23-29(26,27)16-8-9-17(20-12-16)22-18(25)21-15-6-4-14(5-7-15)13-28-11-10-24/h4-9,12,23-24H,10-11,13H2,1-3H3,(H2,20,21,22,25). The smallest absolute Gasteiger partial charge is 0.324 e. The van der Waals surface area contributed by atoms with Crippen molar-refractivity contribution in [1.29, 1.82) is 0 Å². The molecule has 1 heterocycles. The second kappa shape index (κ2) is 9.79. The zero-order valence-electron chi connectivity index (χ0n) is 16.6. The van der Waals surface area contributed by atoms with Gasteiger partial charge in [-0.2, -0.15) is 0 Å². The van der Waals surface area contributed by atoms with Crippen molar-refractivity contribution >= 4 is 27.6 Å². The van der Waals surface area contributed by atoms with Gasteiger partial charge in [-0.25, -0.2) is 22.9 Å². The zero-order valence-corrected chi connectivity index (χ0v) is 17.4. The molecule has 2 aromatic rings. The van der Waals surface area contributed by atoms with Gasteiger partial charge in [0.1, 0.15) is 10.7 Å². The average molecular weight is 423 g/mol. The van der Waals surface area contributed by atoms with E-state index in [2.05, 4.69) is 20.3 Å². The van der Waals surface area contributed by atoms with Crippen LogP contribution in [-0.2, 0) is 21.4 Å². The van der Waals surface area contributed by atoms with Crippen molar-refractivity contribution < 1.29 is 23.1 Å². The molecular formula is C19H26N4O5S. The molecule has 0 aliphatic heterocycles. The van der Waals surface area contributed by atoms with Crippen molar-refractivity contribution in [3.05, 3.63) is 48.2 Å². The minimum atomic E-state index is -3.69. The molecule has 0 spiro atoms. The summed E-state index contributed by atoms with van der Waals surface area (Å²) in [6, 6.07) is 9.32. The van der Waals surface area contributed by atoms with Gasteiger partial charge in [0.25, 0.3) is 0 Å². The number of pyridine rings is 1. The van der Waals surface area contributed by atoms with E-state index in [0.717, 1.165) is 5.56 Å². The third-order valence-corrected chi connectivity index (χ3v) is 5.19. The van der Waals surface area contributed by atoms with E-state index < -0.39 is 21.6 Å². The van der Waals surface area contributed by atoms with Crippen LogP contribution in [0.25, 0.3) is 0 Å². The van der Waals surface area contributed by atoms with Gasteiger partial charge in [-0.05, 0) is 50.6 Å². The van der Waals surface area contributed by atoms with Gasteiger partial charge in [0, 0.05) is 17.4 Å². The summed E-state index contributed by atoms with van der Waals surface area (Å²) in [6.45, 7) is 5.83. The quantitative estimate of drug-likeness (QED) is 0.483. The second-order valence-corrected chi connectivity index (χ2v) is 8.97. The van der Waals surface area contributed by atoms with Crippen molar-refractivity contribution in [3.8, 4) is 0 Å². The number of aliphatic hydroxyl groups excluding tert-OH is 1. The van der Waals surface area contributed by atoms with Gasteiger partial charge < -0.3 is 15.2 Å². The van der Waals surface area contributed by atoms with Crippen molar-refractivity contribution in [2.75, 3.05) is 23.8 Å². The van der Waals surface area contributed by atoms with E-state index in [4.69, 9.17) is 9.84 Å². The highest BCUT2D eigenvalue weighted by Gasteiger charge is 2.22. The average Bonchev–Trinajstić information content (AvgIpc) is 2.62. The monoisotopic (exact) mass is 422 g/mol. The van der Waals surface area contributed by atoms with Gasteiger partial charge in [0.15, 0.2) is 0 Å². The lowest BCUT2D eigenvalue weighted by Crippen LogP contribution is -2.40. The van der Waals surface area contributed by atoms with Crippen LogP contribution in [0.2, 0.25) is 0 Å². The summed E-state index contributed by atoms with van der Waals surface area (Å²) in [4.78, 5) is 16.1. The lowest BCUT2D eigenvalue weighted by Gasteiger charge is -2.20. The number of carbonyl (C=O) groups excluding carboxylic acids is 1. The van der Waals surface area contributed by atoms with Crippen LogP contribution in [-0.4, -0.2) is 43.3 Å². The van der Waals surface area contributed by atoms with Crippen LogP contribution in [0.4, 0.5) is 16.3 Å². The topological polar surface area (TPSA) is 130 Å². The minimum absolute atomic E-state index is 0.0115. The summed E-state index contributed by atoms with van der Waals surface area (Å²) in [5.41, 5.74) is 0.865. The van der Waals surface area contributed by atoms with Crippen molar-refractivity contribution in [3.63, 3.8) is 0 Å². The number of hydrogen-bond acceptors (Lipinski definition) is 6. The van der Waals surface area contributed by atoms with Crippen LogP contribution in [0.3, 0.4) is 0 Å². The molecule has 2 rings (SSSR count). The Labute approximate surface area is 170 Å². The van der Waals surface area contributed by atoms with Crippen LogP contribution in [0.15, 0.2) is 47.5 Å². The molecule has 1 aromatic carbocycles. The molecule has 0 fully saturated rings. The molecule has 2 amide bonds. The SMILES string of the molecule is CC(C)(C)NS(=O)(=O)c1ccc(NC(=O)Nc2ccc(COCCO)cc2)nc1. The van der Waals surface area contributed by atoms with Gasteiger partial charge in [-0.1, -0.05) is 12.1 Å². The highest BCUT2D eigenvalue weighted by atomic mass is 32.2. The van der Waals surface area contributed by atoms with Crippen LogP contribution in [0, 0.1) is 0 Å². The summed E-state index contributed by atoms with van der Waals surface area (Å²) in [5.74, 6) is 0.214. The fraction of sp³-hybridized carbons (Fsp3) is 0.368. The van der Waals surface area contributed by atoms with E-state index in [0.29, 0.717) is 12.3 Å². The highest BCUT2D eigenvalue weighted by molar-refractivity contribution is 7.89. The molecule has 0 bridgehead atoms. The molecule has 9 nitrogen and oxygen atoms in total. The molecule has 4 N–H and O–H groups in total. The fourth-order valence-corrected chi connectivity index (χ4v) is 3.66. The van der Waals surface area contributed by atoms with Gasteiger partial charge in [0.2, 0.25) is 10.0 Å². The molecule has 0 radical (unpaired) electrons. The number of urea groups is 1. The van der Waals surface area contributed by atoms with E-state index in [1.54, 1.807) is 45.0 Å². The minimum Gasteiger partial charge on any atom is -0.394 e. The lowest BCUT2D eigenvalue weighted by molar-refractivity contribution is 0.0815. The number of nitrogens with one attached hydrogen (secondary N) is 3. The first-order chi connectivity index (χ1) is 13.6. The largest absolute Gasteiger partial charge is 0.394 e. The number of hydrogen-bond donors (Lipinski definition) is 4. The number of rotatable bonds is 8. The number of ether oxygens (including phenoxy) is 1. The predicted octanol–water partition coefficient (Wildman–Crippen LogP) is 2.31. The van der Waals surface area contributed by atoms with E-state index in [1.807, 2.05) is 0 Å². The molecule has 29 heavy (non-hydrogen) atoms. The molecule has 0 aliphatic rings. The molecule has 1 aromatic heterocycles. The van der Waals surface area contributed by atoms with E-state index in [9.17, 15) is 13.2 Å². The first kappa shape index (κ1) is 22.8. The maximum absolute atomic E-state index is 12.3. The van der Waals surface area contributed by atoms with Crippen LogP contribution >= 0.6 is 0 Å². The Kier molecular flexibility index (Phi) is 7.68. The Morgan fingerprint density at radius 3 is 2.34 bits per heavy atom. The number of carbonyl (C=O) groups is 1. The van der Waals surface area contributed by atoms with Crippen molar-refractivity contribution in [2.24, 2.45) is 0 Å². The Bertz CT molecular complexity index is 907. The Hall–Kier alpha value is -2.53. The lowest BCUT2D eigenvalue weighted by atomic mass is 10.1. The van der Waals surface area contributed by atoms with Gasteiger partial charge in [0.05, 0.1) is 19.8 Å². The van der Waals surface area contributed by atoms with E-state index in [-0.39, 0.29) is 23.9 Å². The van der Waals surface area contributed by atoms with Crippen LogP contribution in [0.5, 0.6) is 0 Å². The molecule has 158 valence electrons. The van der Waals surface area contributed by atoms with E-state index >= 15 is 0 Å². The summed E-state index contributed by atoms with van der Waals surface area (Å²) < 4.78 is 32.3. The van der Waals surface area contributed by atoms with Crippen molar-refractivity contribution in [1.82, 2.24) is 9.71 Å². The fourth-order valence-electron chi connectivity index (χ4n) is 2.29. The molecule has 0 atom stereocenters. The van der Waals surface area contributed by atoms with E-state index in [1.165, 1.54) is 18.3 Å². The van der Waals surface area contributed by atoms with Crippen molar-refractivity contribution in [2.45, 2.75) is 37.8 Å². The maximum atomic E-state index is 12.3. The number of amides is 2. The number of anilines is 2. The zero-order chi connectivity index (χ0) is 21.5. The second-order valence-electron chi connectivity index (χ2n) is 7.29. The number of sulfonamides is 1. The Morgan fingerprint density at radius 1 is 1.10 bits per heavy atom. The molecule has 0 saturated heterocycles. The summed E-state index contributed by atoms with van der Waals surface area (Å²) in [6.07, 6.45) is 1.19.